The average Bonchev–Trinajstić information content (AvgIpc) is 2.86. The van der Waals surface area contributed by atoms with Crippen molar-refractivity contribution in [2.24, 2.45) is 0 Å². The Labute approximate surface area is 232 Å². The van der Waals surface area contributed by atoms with Crippen LogP contribution in [0.25, 0.3) is 0 Å². The molecule has 2 heterocycles. The summed E-state index contributed by atoms with van der Waals surface area (Å²) in [5, 5.41) is 17.5. The lowest BCUT2D eigenvalue weighted by Crippen LogP contribution is -2.49. The van der Waals surface area contributed by atoms with Gasteiger partial charge in [0.15, 0.2) is 0 Å². The smallest absolute Gasteiger partial charge is 0.270 e. The molecule has 2 atom stereocenters. The maximum atomic E-state index is 13.9. The molecule has 1 aliphatic rings. The van der Waals surface area contributed by atoms with Crippen molar-refractivity contribution in [3.8, 4) is 0 Å². The molecule has 0 fully saturated rings. The standard InChI is InChI=1S/C30H34ClF2N3O3/c1-4-18-6-5-7-19(8-18)15-34-16-28(37)25(11-20-9-21(32)12-22(33)10-20)36-29(38)26-13-24(31)23-17-39-30(2,3)14-27(23)35-26/h5-10,12-13,25,28,34,37H,4,11,14-17H2,1-3H3,(H,36,38)/t25?,28-/m0/s1. The zero-order chi connectivity index (χ0) is 28.2. The fraction of sp³-hybridized carbons (Fsp3) is 0.400. The number of aryl methyl sites for hydroxylation is 1. The lowest BCUT2D eigenvalue weighted by Gasteiger charge is -2.31. The summed E-state index contributed by atoms with van der Waals surface area (Å²) in [5.41, 5.74) is 3.67. The minimum absolute atomic E-state index is 0.00807. The minimum Gasteiger partial charge on any atom is -0.390 e. The van der Waals surface area contributed by atoms with Crippen LogP contribution in [-0.2, 0) is 37.2 Å². The van der Waals surface area contributed by atoms with Gasteiger partial charge in [-0.3, -0.25) is 4.79 Å². The van der Waals surface area contributed by atoms with Crippen LogP contribution in [0, 0.1) is 11.6 Å². The van der Waals surface area contributed by atoms with Gasteiger partial charge >= 0.3 is 0 Å². The van der Waals surface area contributed by atoms with E-state index in [1.54, 1.807) is 0 Å². The van der Waals surface area contributed by atoms with Crippen LogP contribution >= 0.6 is 11.6 Å². The molecule has 39 heavy (non-hydrogen) atoms. The van der Waals surface area contributed by atoms with Gasteiger partial charge in [-0.05, 0) is 61.6 Å². The predicted octanol–water partition coefficient (Wildman–Crippen LogP) is 4.92. The molecule has 3 N–H and O–H groups in total. The molecule has 0 saturated heterocycles. The lowest BCUT2D eigenvalue weighted by molar-refractivity contribution is -0.0413. The molecular weight excluding hydrogens is 524 g/mol. The third kappa shape index (κ3) is 7.82. The minimum atomic E-state index is -1.06. The number of nitrogens with zero attached hydrogens (tertiary/aromatic N) is 1. The second-order valence-electron chi connectivity index (χ2n) is 10.6. The Kier molecular flexibility index (Phi) is 9.33. The molecule has 1 amide bonds. The largest absolute Gasteiger partial charge is 0.390 e. The summed E-state index contributed by atoms with van der Waals surface area (Å²) < 4.78 is 33.6. The zero-order valence-electron chi connectivity index (χ0n) is 22.4. The van der Waals surface area contributed by atoms with Gasteiger partial charge in [0.05, 0.1) is 35.1 Å². The van der Waals surface area contributed by atoms with Gasteiger partial charge in [-0.15, -0.1) is 0 Å². The number of halogens is 3. The molecule has 3 aromatic rings. The van der Waals surface area contributed by atoms with Crippen LogP contribution in [0.2, 0.25) is 5.02 Å². The number of hydrogen-bond donors (Lipinski definition) is 3. The summed E-state index contributed by atoms with van der Waals surface area (Å²) >= 11 is 6.45. The Balaban J connectivity index is 1.51. The zero-order valence-corrected chi connectivity index (χ0v) is 23.1. The maximum Gasteiger partial charge on any atom is 0.270 e. The van der Waals surface area contributed by atoms with Crippen molar-refractivity contribution in [3.05, 3.63) is 98.8 Å². The average molecular weight is 558 g/mol. The number of rotatable bonds is 10. The van der Waals surface area contributed by atoms with Crippen LogP contribution < -0.4 is 10.6 Å². The molecule has 1 aromatic heterocycles. The first-order chi connectivity index (χ1) is 18.5. The quantitative estimate of drug-likeness (QED) is 0.330. The van der Waals surface area contributed by atoms with Gasteiger partial charge in [-0.1, -0.05) is 42.8 Å². The summed E-state index contributed by atoms with van der Waals surface area (Å²) in [6, 6.07) is 11.9. The number of benzene rings is 2. The van der Waals surface area contributed by atoms with Crippen LogP contribution in [0.15, 0.2) is 48.5 Å². The van der Waals surface area contributed by atoms with Crippen LogP contribution in [0.1, 0.15) is 59.2 Å². The van der Waals surface area contributed by atoms with E-state index in [4.69, 9.17) is 16.3 Å². The van der Waals surface area contributed by atoms with Gasteiger partial charge in [-0.2, -0.15) is 0 Å². The third-order valence-corrected chi connectivity index (χ3v) is 7.17. The van der Waals surface area contributed by atoms with Gasteiger partial charge in [0.2, 0.25) is 0 Å². The molecule has 0 bridgehead atoms. The van der Waals surface area contributed by atoms with Gasteiger partial charge < -0.3 is 20.5 Å². The summed E-state index contributed by atoms with van der Waals surface area (Å²) in [6.07, 6.45) is 0.352. The molecule has 4 rings (SSSR count). The van der Waals surface area contributed by atoms with E-state index in [0.717, 1.165) is 23.6 Å². The molecule has 9 heteroatoms. The van der Waals surface area contributed by atoms with Crippen molar-refractivity contribution in [3.63, 3.8) is 0 Å². The Morgan fingerprint density at radius 3 is 2.56 bits per heavy atom. The second-order valence-corrected chi connectivity index (χ2v) is 11.0. The fourth-order valence-corrected chi connectivity index (χ4v) is 4.97. The number of hydrogen-bond acceptors (Lipinski definition) is 5. The van der Waals surface area contributed by atoms with Crippen molar-refractivity contribution in [2.75, 3.05) is 6.54 Å². The van der Waals surface area contributed by atoms with E-state index in [-0.39, 0.29) is 18.7 Å². The molecule has 2 aromatic carbocycles. The second kappa shape index (κ2) is 12.5. The van der Waals surface area contributed by atoms with E-state index in [1.165, 1.54) is 23.8 Å². The number of aliphatic hydroxyl groups is 1. The monoisotopic (exact) mass is 557 g/mol. The van der Waals surface area contributed by atoms with E-state index in [9.17, 15) is 18.7 Å². The van der Waals surface area contributed by atoms with Crippen molar-refractivity contribution in [1.29, 1.82) is 0 Å². The Morgan fingerprint density at radius 2 is 1.85 bits per heavy atom. The molecule has 1 unspecified atom stereocenters. The number of aromatic nitrogens is 1. The topological polar surface area (TPSA) is 83.5 Å². The molecular formula is C30H34ClF2N3O3. The maximum absolute atomic E-state index is 13.9. The number of ether oxygens (including phenoxy) is 1. The Bertz CT molecular complexity index is 1310. The van der Waals surface area contributed by atoms with E-state index < -0.39 is 35.3 Å². The van der Waals surface area contributed by atoms with E-state index in [1.807, 2.05) is 26.0 Å². The molecule has 0 aliphatic carbocycles. The fourth-order valence-electron chi connectivity index (χ4n) is 4.70. The molecule has 0 radical (unpaired) electrons. The van der Waals surface area contributed by atoms with Crippen LogP contribution in [0.5, 0.6) is 0 Å². The highest BCUT2D eigenvalue weighted by atomic mass is 35.5. The molecule has 1 aliphatic heterocycles. The highest BCUT2D eigenvalue weighted by Gasteiger charge is 2.30. The van der Waals surface area contributed by atoms with Gasteiger partial charge in [-0.25, -0.2) is 13.8 Å². The van der Waals surface area contributed by atoms with Crippen molar-refractivity contribution in [2.45, 2.75) is 70.9 Å². The molecule has 208 valence electrons. The lowest BCUT2D eigenvalue weighted by atomic mass is 9.95. The number of nitrogens with one attached hydrogen (secondary N) is 2. The number of carbonyl (C=O) groups excluding carboxylic acids is 1. The van der Waals surface area contributed by atoms with Crippen molar-refractivity contribution >= 4 is 17.5 Å². The van der Waals surface area contributed by atoms with E-state index >= 15 is 0 Å². The SMILES string of the molecule is CCc1cccc(CNC[C@H](O)C(Cc2cc(F)cc(F)c2)NC(=O)c2cc(Cl)c3c(n2)CC(C)(C)OC3)c1. The Morgan fingerprint density at radius 1 is 1.13 bits per heavy atom. The first-order valence-electron chi connectivity index (χ1n) is 13.1. The first-order valence-corrected chi connectivity index (χ1v) is 13.5. The van der Waals surface area contributed by atoms with E-state index in [2.05, 4.69) is 34.7 Å². The summed E-state index contributed by atoms with van der Waals surface area (Å²) in [4.78, 5) is 17.8. The van der Waals surface area contributed by atoms with Gasteiger partial charge in [0.1, 0.15) is 17.3 Å². The van der Waals surface area contributed by atoms with E-state index in [0.29, 0.717) is 35.9 Å². The highest BCUT2D eigenvalue weighted by molar-refractivity contribution is 6.31. The molecule has 0 spiro atoms. The third-order valence-electron chi connectivity index (χ3n) is 6.83. The van der Waals surface area contributed by atoms with Crippen LogP contribution in [-0.4, -0.2) is 40.3 Å². The van der Waals surface area contributed by atoms with Crippen molar-refractivity contribution in [1.82, 2.24) is 15.6 Å². The number of pyridine rings is 1. The number of aliphatic hydroxyl groups excluding tert-OH is 1. The van der Waals surface area contributed by atoms with Crippen LogP contribution in [0.3, 0.4) is 0 Å². The highest BCUT2D eigenvalue weighted by Crippen LogP contribution is 2.31. The van der Waals surface area contributed by atoms with Crippen molar-refractivity contribution < 1.29 is 23.4 Å². The molecule has 0 saturated carbocycles. The Hall–Kier alpha value is -2.91. The first kappa shape index (κ1) is 29.1. The predicted molar refractivity (Wildman–Crippen MR) is 147 cm³/mol. The number of fused-ring (bicyclic) bond motifs is 1. The molecule has 6 nitrogen and oxygen atoms in total. The number of carbonyl (C=O) groups is 1. The van der Waals surface area contributed by atoms with Gasteiger partial charge in [0.25, 0.3) is 5.91 Å². The van der Waals surface area contributed by atoms with Crippen LogP contribution in [0.4, 0.5) is 8.78 Å². The van der Waals surface area contributed by atoms with Gasteiger partial charge in [0, 0.05) is 31.1 Å². The number of amides is 1. The summed E-state index contributed by atoms with van der Waals surface area (Å²) in [5.74, 6) is -2.00. The summed E-state index contributed by atoms with van der Waals surface area (Å²) in [7, 11) is 0. The summed E-state index contributed by atoms with van der Waals surface area (Å²) in [6.45, 7) is 6.92. The normalized spacial score (nSPS) is 15.9.